The number of H-pyrrole nitrogens is 1. The van der Waals surface area contributed by atoms with Crippen molar-refractivity contribution in [3.05, 3.63) is 145 Å². The lowest BCUT2D eigenvalue weighted by Gasteiger charge is -2.19. The Labute approximate surface area is 680 Å². The van der Waals surface area contributed by atoms with Crippen LogP contribution in [0.4, 0.5) is 40.6 Å². The van der Waals surface area contributed by atoms with E-state index in [2.05, 4.69) is 26.3 Å². The van der Waals surface area contributed by atoms with E-state index in [4.69, 9.17) is 79.7 Å². The zero-order valence-corrected chi connectivity index (χ0v) is 70.5. The number of fused-ring (bicyclic) bond motifs is 1. The van der Waals surface area contributed by atoms with E-state index in [0.717, 1.165) is 60.5 Å². The van der Waals surface area contributed by atoms with Crippen LogP contribution in [0.1, 0.15) is 128 Å². The molecule has 0 atom stereocenters. The van der Waals surface area contributed by atoms with Gasteiger partial charge in [0, 0.05) is 90.8 Å². The van der Waals surface area contributed by atoms with Crippen LogP contribution in [0.5, 0.6) is 0 Å². The lowest BCUT2D eigenvalue weighted by molar-refractivity contribution is -0.387. The molecule has 1 saturated heterocycles. The number of imidazole rings is 1. The van der Waals surface area contributed by atoms with Gasteiger partial charge in [-0.25, -0.2) is 24.0 Å². The Kier molecular flexibility index (Phi) is 61.0. The van der Waals surface area contributed by atoms with Crippen LogP contribution in [-0.4, -0.2) is 223 Å². The number of nitro groups is 2. The highest BCUT2D eigenvalue weighted by atomic mass is 127. The molecule has 0 bridgehead atoms. The van der Waals surface area contributed by atoms with Crippen molar-refractivity contribution in [1.29, 1.82) is 5.26 Å². The van der Waals surface area contributed by atoms with Crippen molar-refractivity contribution in [2.45, 2.75) is 157 Å². The van der Waals surface area contributed by atoms with Crippen molar-refractivity contribution in [3.63, 3.8) is 0 Å². The molecule has 0 saturated carbocycles. The average molecular weight is 1720 g/mol. The molecule has 1 aliphatic heterocycles. The quantitative estimate of drug-likeness (QED) is 0.00365. The van der Waals surface area contributed by atoms with E-state index in [0.29, 0.717) is 168 Å². The first-order valence-corrected chi connectivity index (χ1v) is 38.6. The third-order valence-electron chi connectivity index (χ3n) is 13.1. The highest BCUT2D eigenvalue weighted by Crippen LogP contribution is 2.20. The molecule has 6 rings (SSSR count). The van der Waals surface area contributed by atoms with Gasteiger partial charge in [0.15, 0.2) is 0 Å². The Morgan fingerprint density at radius 3 is 1.22 bits per heavy atom. The number of aromatic amines is 1. The normalized spacial score (nSPS) is 11.5. The van der Waals surface area contributed by atoms with Gasteiger partial charge < -0.3 is 99.3 Å². The fraction of sp³-hybridized carbons (Fsp3) is 0.615. The molecule has 9 N–H and O–H groups in total. The second-order valence-electron chi connectivity index (χ2n) is 27.5. The minimum Gasteiger partial charge on any atom is -0.444 e. The monoisotopic (exact) mass is 1720 g/mol. The maximum Gasteiger partial charge on any atom is 0.407 e. The van der Waals surface area contributed by atoms with Gasteiger partial charge in [0.1, 0.15) is 22.4 Å². The van der Waals surface area contributed by atoms with Gasteiger partial charge in [-0.05, 0) is 156 Å². The number of nitrogens with zero attached hydrogens (tertiary/aromatic N) is 4. The summed E-state index contributed by atoms with van der Waals surface area (Å²) in [5, 5.41) is 38.7. The van der Waals surface area contributed by atoms with Gasteiger partial charge in [-0.1, -0.05) is 83.3 Å². The van der Waals surface area contributed by atoms with E-state index in [1.165, 1.54) is 38.0 Å². The number of nitro benzene ring substituents is 2. The molecular weight excluding hydrogens is 1590 g/mol. The van der Waals surface area contributed by atoms with Crippen LogP contribution in [0.15, 0.2) is 102 Å². The number of aryl methyl sites for hydroxylation is 2. The number of alkyl carbamates (subject to hydrolysis) is 4. The molecule has 1 fully saturated rings. The minimum absolute atomic E-state index is 0.140. The van der Waals surface area contributed by atoms with Gasteiger partial charge in [-0.15, -0.1) is 0 Å². The molecule has 33 nitrogen and oxygen atoms in total. The molecule has 4 aromatic carbocycles. The van der Waals surface area contributed by atoms with E-state index >= 15 is 0 Å². The Morgan fingerprint density at radius 2 is 0.867 bits per heavy atom. The number of rotatable bonds is 39. The molecule has 0 radical (unpaired) electrons. The Hall–Kier alpha value is -8.42. The van der Waals surface area contributed by atoms with Gasteiger partial charge in [0.2, 0.25) is 5.82 Å². The lowest BCUT2D eigenvalue weighted by atomic mass is 10.1. The lowest BCUT2D eigenvalue weighted by Crippen LogP contribution is -2.34. The smallest absolute Gasteiger partial charge is 0.407 e. The van der Waals surface area contributed by atoms with Gasteiger partial charge in [0.25, 0.3) is 5.69 Å². The van der Waals surface area contributed by atoms with Gasteiger partial charge in [-0.3, -0.25) is 24.8 Å². The second kappa shape index (κ2) is 65.9. The number of benzene rings is 4. The maximum atomic E-state index is 12.4. The molecule has 640 valence electrons. The summed E-state index contributed by atoms with van der Waals surface area (Å²) in [6.45, 7) is 35.3. The van der Waals surface area contributed by atoms with Crippen molar-refractivity contribution >= 4 is 75.1 Å². The van der Waals surface area contributed by atoms with Gasteiger partial charge in [-0.2, -0.15) is 9.65 Å². The Bertz CT molecular complexity index is 3450. The number of nitrogens with one attached hydrogen (secondary N) is 5. The Balaban J connectivity index is 0. The van der Waals surface area contributed by atoms with Crippen LogP contribution in [0.2, 0.25) is 0 Å². The van der Waals surface area contributed by atoms with Crippen LogP contribution in [0.25, 0.3) is 11.0 Å². The SMILES string of the molecule is C1CCOC1.CC#N.CC(C)(C)OC(=O)NCCOCCOCCCc1ccccc1N.CC(C)(C)OC(=O)NCCOCCOCCCc1ccccc1[N+](=O)[O-].CC(C)(C)OC(=O)NCCOCCOCCN.CC(C)(C)OC(=O)NCCOCCOCCn1c(=O)[nH]c2ccccc21.O=[N+]([O-])c1ccccc1F.[2H]CI. The molecule has 113 heavy (non-hydrogen) atoms. The number of ether oxygens (including phenoxy) is 13. The standard InChI is InChI=1S/C18H27N3O5.C18H28N2O6.C18H30N2O4.C11H24N2O4.C6H4FNO2.C4H8O.C2H3N.CH3I/c1-18(2,3)26-17(23)19-8-10-24-12-13-25-11-9-21-15-7-5-4-6-14(15)20-16(21)22;1-18(2,3)26-17(21)19-10-12-25-14-13-24-11-6-8-15-7-4-5-9-16(15)20(22)23;1-18(2,3)24-17(21)20-10-12-23-14-13-22-11-6-8-15-7-4-5-9-16(15)19;1-11(2,3)17-10(14)13-5-7-16-9-8-15-6-4-12;7-5-3-1-2-4-6(5)8(9)10;1-2-4-5-3-1;1-2-3;1-2/h4-7H,8-13H2,1-3H3,(H,19,23)(H,20,22);4-5,7,9H,6,8,10-14H2,1-3H3,(H,19,21);4-5,7,9H,6,8,10-14,19H2,1-3H3,(H,20,21);4-9,12H2,1-3H3,(H,13,14);1-4H;1-4H2;1H3;1H3/i;;;;;;;1D. The molecule has 5 aromatic rings. The summed E-state index contributed by atoms with van der Waals surface area (Å²) < 4.78 is 88.5. The molecular formula is C78H127FIN11O22. The second-order valence-corrected chi connectivity index (χ2v) is 27.5. The van der Waals surface area contributed by atoms with Crippen molar-refractivity contribution in [2.24, 2.45) is 5.73 Å². The fourth-order valence-electron chi connectivity index (χ4n) is 8.52. The van der Waals surface area contributed by atoms with E-state index in [-0.39, 0.29) is 16.3 Å². The van der Waals surface area contributed by atoms with E-state index < -0.39 is 63.2 Å². The number of para-hydroxylation sites is 5. The number of aromatic nitrogens is 2. The van der Waals surface area contributed by atoms with Gasteiger partial charge >= 0.3 is 35.8 Å². The Morgan fingerprint density at radius 1 is 0.540 bits per heavy atom. The van der Waals surface area contributed by atoms with Crippen LogP contribution in [0.3, 0.4) is 0 Å². The predicted molar refractivity (Wildman–Crippen MR) is 440 cm³/mol. The first-order valence-electron chi connectivity index (χ1n) is 37.8. The van der Waals surface area contributed by atoms with Crippen molar-refractivity contribution in [3.8, 4) is 6.07 Å². The van der Waals surface area contributed by atoms with Crippen LogP contribution >= 0.6 is 22.6 Å². The fourth-order valence-corrected chi connectivity index (χ4v) is 8.52. The van der Waals surface area contributed by atoms with E-state index in [1.54, 1.807) is 49.6 Å². The first-order chi connectivity index (χ1) is 54.0. The largest absolute Gasteiger partial charge is 0.444 e. The number of hydrogen-bond donors (Lipinski definition) is 7. The number of anilines is 1. The summed E-state index contributed by atoms with van der Waals surface area (Å²) in [5.74, 6) is -0.799. The van der Waals surface area contributed by atoms with Crippen LogP contribution < -0.4 is 38.4 Å². The van der Waals surface area contributed by atoms with Crippen LogP contribution in [-0.2, 0) is 81.0 Å². The van der Waals surface area contributed by atoms with Crippen molar-refractivity contribution in [1.82, 2.24) is 30.8 Å². The zero-order valence-electron chi connectivity index (χ0n) is 69.3. The number of amides is 4. The molecule has 1 aromatic heterocycles. The summed E-state index contributed by atoms with van der Waals surface area (Å²) in [7, 11) is 0. The number of nitrogen functional groups attached to an aromatic ring is 1. The number of nitrogens with two attached hydrogens (primary N) is 2. The number of halogens is 2. The summed E-state index contributed by atoms with van der Waals surface area (Å²) in [5.41, 5.74) is 13.1. The minimum atomic E-state index is -0.799. The molecule has 35 heteroatoms. The average Bonchev–Trinajstić information content (AvgIpc) is 1.67. The highest BCUT2D eigenvalue weighted by molar-refractivity contribution is 14.1. The molecule has 1 aliphatic rings. The number of nitriles is 1. The van der Waals surface area contributed by atoms with Crippen molar-refractivity contribution in [2.75, 3.05) is 162 Å². The van der Waals surface area contributed by atoms with Gasteiger partial charge in [0.05, 0.1) is 126 Å². The molecule has 2 heterocycles. The maximum absolute atomic E-state index is 12.4. The zero-order chi connectivity index (χ0) is 85.9. The molecule has 0 spiro atoms. The number of alkyl halides is 1. The molecule has 0 aliphatic carbocycles. The summed E-state index contributed by atoms with van der Waals surface area (Å²) >= 11 is 1.96. The first kappa shape index (κ1) is 105. The topological polar surface area (TPSA) is 436 Å². The molecule has 0 unspecified atom stereocenters. The summed E-state index contributed by atoms with van der Waals surface area (Å²) in [6.07, 6.45) is 3.90. The summed E-state index contributed by atoms with van der Waals surface area (Å²) in [6, 6.07) is 28.9. The number of hydrogen-bond acceptors (Lipinski definition) is 25. The van der Waals surface area contributed by atoms with Crippen molar-refractivity contribution < 1.29 is 96.4 Å². The third kappa shape index (κ3) is 64.6. The highest BCUT2D eigenvalue weighted by Gasteiger charge is 2.20. The number of carbonyl (C=O) groups excluding carboxylic acids is 4. The third-order valence-corrected chi connectivity index (χ3v) is 13.1. The van der Waals surface area contributed by atoms with Crippen LogP contribution in [0, 0.1) is 37.4 Å². The summed E-state index contributed by atoms with van der Waals surface area (Å²) in [4.78, 5) is 80.4. The molecule has 4 amide bonds. The van der Waals surface area contributed by atoms with E-state index in [9.17, 15) is 48.6 Å². The predicted octanol–water partition coefficient (Wildman–Crippen LogP) is 12.3. The number of carbonyl (C=O) groups is 4. The van der Waals surface area contributed by atoms with E-state index in [1.807, 2.05) is 133 Å².